The van der Waals surface area contributed by atoms with Crippen LogP contribution in [0.1, 0.15) is 45.1 Å². The van der Waals surface area contributed by atoms with Gasteiger partial charge in [0, 0.05) is 18.8 Å². The van der Waals surface area contributed by atoms with E-state index < -0.39 is 4.92 Å². The second kappa shape index (κ2) is 9.51. The minimum atomic E-state index is -0.478. The van der Waals surface area contributed by atoms with Crippen LogP contribution in [0.4, 0.5) is 23.0 Å². The Balaban J connectivity index is 1.87. The Morgan fingerprint density at radius 2 is 2.07 bits per heavy atom. The third-order valence-electron chi connectivity index (χ3n) is 5.17. The minimum Gasteiger partial charge on any atom is -0.466 e. The molecule has 1 N–H and O–H groups in total. The lowest BCUT2D eigenvalue weighted by atomic mass is 9.98. The summed E-state index contributed by atoms with van der Waals surface area (Å²) < 4.78 is 5.13. The Labute approximate surface area is 175 Å². The topological polar surface area (TPSA) is 110 Å². The molecule has 1 aromatic heterocycles. The summed E-state index contributed by atoms with van der Waals surface area (Å²) in [6, 6.07) is 7.71. The van der Waals surface area contributed by atoms with E-state index in [-0.39, 0.29) is 29.2 Å². The first kappa shape index (κ1) is 21.5. The largest absolute Gasteiger partial charge is 0.466 e. The van der Waals surface area contributed by atoms with E-state index in [0.29, 0.717) is 37.7 Å². The van der Waals surface area contributed by atoms with Crippen molar-refractivity contribution in [3.05, 3.63) is 46.3 Å². The van der Waals surface area contributed by atoms with Gasteiger partial charge in [-0.25, -0.2) is 9.97 Å². The molecular formula is C21H27N5O4. The summed E-state index contributed by atoms with van der Waals surface area (Å²) >= 11 is 0. The van der Waals surface area contributed by atoms with Gasteiger partial charge in [0.25, 0.3) is 0 Å². The normalized spacial score (nSPS) is 16.4. The molecule has 1 unspecified atom stereocenters. The Hall–Kier alpha value is -3.23. The highest BCUT2D eigenvalue weighted by atomic mass is 16.6. The fourth-order valence-electron chi connectivity index (χ4n) is 3.57. The lowest BCUT2D eigenvalue weighted by Crippen LogP contribution is -2.40. The predicted molar refractivity (Wildman–Crippen MR) is 114 cm³/mol. The molecular weight excluding hydrogens is 386 g/mol. The zero-order valence-corrected chi connectivity index (χ0v) is 17.5. The number of rotatable bonds is 7. The first-order valence-corrected chi connectivity index (χ1v) is 10.2. The molecule has 9 heteroatoms. The number of nitrogens with one attached hydrogen (secondary N) is 1. The number of carbonyl (C=O) groups excluding carboxylic acids is 1. The number of nitro groups is 1. The molecule has 1 saturated heterocycles. The van der Waals surface area contributed by atoms with Gasteiger partial charge >= 0.3 is 11.7 Å². The lowest BCUT2D eigenvalue weighted by Gasteiger charge is -2.32. The Morgan fingerprint density at radius 3 is 2.70 bits per heavy atom. The summed E-state index contributed by atoms with van der Waals surface area (Å²) in [5.74, 6) is 0.132. The third-order valence-corrected chi connectivity index (χ3v) is 5.17. The SMILES string of the molecule is CCOC(=O)C1CCCN(c2ncnc(Nc3ccc(C(C)C)cc3)c2[N+](=O)[O-])C1. The number of esters is 1. The summed E-state index contributed by atoms with van der Waals surface area (Å²) in [5.41, 5.74) is 1.68. The summed E-state index contributed by atoms with van der Waals surface area (Å²) in [5, 5.41) is 14.9. The van der Waals surface area contributed by atoms with Crippen LogP contribution in [-0.4, -0.2) is 40.6 Å². The Kier molecular flexibility index (Phi) is 6.81. The molecule has 0 aliphatic carbocycles. The van der Waals surface area contributed by atoms with Crippen molar-refractivity contribution in [3.8, 4) is 0 Å². The molecule has 1 aliphatic rings. The van der Waals surface area contributed by atoms with Crippen LogP contribution in [0.3, 0.4) is 0 Å². The smallest absolute Gasteiger partial charge is 0.353 e. The van der Waals surface area contributed by atoms with Crippen LogP contribution in [0, 0.1) is 16.0 Å². The second-order valence-electron chi connectivity index (χ2n) is 7.59. The van der Waals surface area contributed by atoms with Crippen molar-refractivity contribution >= 4 is 29.0 Å². The van der Waals surface area contributed by atoms with Crippen LogP contribution < -0.4 is 10.2 Å². The highest BCUT2D eigenvalue weighted by Gasteiger charge is 2.33. The van der Waals surface area contributed by atoms with E-state index >= 15 is 0 Å². The number of hydrogen-bond donors (Lipinski definition) is 1. The van der Waals surface area contributed by atoms with Gasteiger partial charge in [-0.05, 0) is 43.4 Å². The molecule has 0 bridgehead atoms. The number of carbonyl (C=O) groups is 1. The molecule has 0 radical (unpaired) electrons. The van der Waals surface area contributed by atoms with E-state index in [1.807, 2.05) is 24.3 Å². The maximum Gasteiger partial charge on any atom is 0.353 e. The molecule has 1 atom stereocenters. The summed E-state index contributed by atoms with van der Waals surface area (Å²) in [6.45, 7) is 7.19. The summed E-state index contributed by atoms with van der Waals surface area (Å²) in [7, 11) is 0. The number of piperidine rings is 1. The first-order chi connectivity index (χ1) is 14.4. The lowest BCUT2D eigenvalue weighted by molar-refractivity contribution is -0.383. The van der Waals surface area contributed by atoms with Crippen LogP contribution in [0.15, 0.2) is 30.6 Å². The van der Waals surface area contributed by atoms with Crippen molar-refractivity contribution in [2.24, 2.45) is 5.92 Å². The van der Waals surface area contributed by atoms with Gasteiger partial charge in [-0.1, -0.05) is 26.0 Å². The summed E-state index contributed by atoms with van der Waals surface area (Å²) in [6.07, 6.45) is 2.73. The van der Waals surface area contributed by atoms with Crippen LogP contribution in [0.5, 0.6) is 0 Å². The fourth-order valence-corrected chi connectivity index (χ4v) is 3.57. The molecule has 1 fully saturated rings. The van der Waals surface area contributed by atoms with E-state index in [2.05, 4.69) is 29.1 Å². The van der Waals surface area contributed by atoms with Crippen molar-refractivity contribution in [2.45, 2.75) is 39.5 Å². The molecule has 0 saturated carbocycles. The van der Waals surface area contributed by atoms with Gasteiger partial charge in [-0.3, -0.25) is 14.9 Å². The van der Waals surface area contributed by atoms with Gasteiger partial charge in [-0.15, -0.1) is 0 Å². The molecule has 2 heterocycles. The van der Waals surface area contributed by atoms with Gasteiger partial charge in [0.1, 0.15) is 6.33 Å². The monoisotopic (exact) mass is 413 g/mol. The maximum absolute atomic E-state index is 12.1. The van der Waals surface area contributed by atoms with Crippen LogP contribution in [0.25, 0.3) is 0 Å². The number of anilines is 3. The number of nitrogens with zero attached hydrogens (tertiary/aromatic N) is 4. The number of aromatic nitrogens is 2. The quantitative estimate of drug-likeness (QED) is 0.411. The maximum atomic E-state index is 12.1. The standard InChI is InChI=1S/C21H27N5O4/c1-4-30-21(27)16-6-5-11-25(12-16)20-18(26(28)29)19(22-13-23-20)24-17-9-7-15(8-10-17)14(2)3/h7-10,13-14,16H,4-6,11-12H2,1-3H3,(H,22,23,24). The molecule has 30 heavy (non-hydrogen) atoms. The minimum absolute atomic E-state index is 0.126. The first-order valence-electron chi connectivity index (χ1n) is 10.2. The van der Waals surface area contributed by atoms with Gasteiger partial charge in [0.2, 0.25) is 11.6 Å². The Morgan fingerprint density at radius 1 is 1.33 bits per heavy atom. The molecule has 2 aromatic rings. The number of benzene rings is 1. The number of hydrogen-bond acceptors (Lipinski definition) is 8. The van der Waals surface area contributed by atoms with Crippen molar-refractivity contribution in [1.29, 1.82) is 0 Å². The molecule has 9 nitrogen and oxygen atoms in total. The number of ether oxygens (including phenoxy) is 1. The van der Waals surface area contributed by atoms with Crippen LogP contribution in [-0.2, 0) is 9.53 Å². The van der Waals surface area contributed by atoms with Crippen LogP contribution >= 0.6 is 0 Å². The fraction of sp³-hybridized carbons (Fsp3) is 0.476. The average Bonchev–Trinajstić information content (AvgIpc) is 2.74. The van der Waals surface area contributed by atoms with Gasteiger partial charge in [0.15, 0.2) is 0 Å². The van der Waals surface area contributed by atoms with E-state index in [9.17, 15) is 14.9 Å². The molecule has 1 aromatic carbocycles. The highest BCUT2D eigenvalue weighted by molar-refractivity contribution is 5.77. The highest BCUT2D eigenvalue weighted by Crippen LogP contribution is 2.35. The zero-order valence-electron chi connectivity index (χ0n) is 17.5. The second-order valence-corrected chi connectivity index (χ2v) is 7.59. The third kappa shape index (κ3) is 4.84. The predicted octanol–water partition coefficient (Wildman–Crippen LogP) is 4.03. The molecule has 160 valence electrons. The van der Waals surface area contributed by atoms with Crippen LogP contribution in [0.2, 0.25) is 0 Å². The molecule has 0 amide bonds. The van der Waals surface area contributed by atoms with Crippen molar-refractivity contribution in [1.82, 2.24) is 9.97 Å². The van der Waals surface area contributed by atoms with Crippen molar-refractivity contribution in [3.63, 3.8) is 0 Å². The van der Waals surface area contributed by atoms with E-state index in [4.69, 9.17) is 4.74 Å². The van der Waals surface area contributed by atoms with Crippen molar-refractivity contribution in [2.75, 3.05) is 29.9 Å². The van der Waals surface area contributed by atoms with E-state index in [0.717, 1.165) is 6.42 Å². The Bertz CT molecular complexity index is 901. The molecule has 0 spiro atoms. The average molecular weight is 413 g/mol. The molecule has 1 aliphatic heterocycles. The van der Waals surface area contributed by atoms with Crippen molar-refractivity contribution < 1.29 is 14.5 Å². The molecule has 3 rings (SSSR count). The van der Waals surface area contributed by atoms with E-state index in [1.165, 1.54) is 11.9 Å². The summed E-state index contributed by atoms with van der Waals surface area (Å²) in [4.78, 5) is 33.6. The zero-order chi connectivity index (χ0) is 21.7. The van der Waals surface area contributed by atoms with Gasteiger partial charge in [0.05, 0.1) is 17.4 Å². The van der Waals surface area contributed by atoms with Gasteiger partial charge in [-0.2, -0.15) is 0 Å². The van der Waals surface area contributed by atoms with Gasteiger partial charge < -0.3 is 15.0 Å². The van der Waals surface area contributed by atoms with E-state index in [1.54, 1.807) is 11.8 Å².